The van der Waals surface area contributed by atoms with Gasteiger partial charge in [-0.2, -0.15) is 0 Å². The molecule has 0 aromatic carbocycles. The maximum atomic E-state index is 11.7. The molecule has 1 saturated carbocycles. The van der Waals surface area contributed by atoms with Gasteiger partial charge in [-0.3, -0.25) is 0 Å². The molecule has 1 N–H and O–H groups in total. The largest absolute Gasteiger partial charge is 0.444 e. The predicted octanol–water partition coefficient (Wildman–Crippen LogP) is 3.50. The first-order chi connectivity index (χ1) is 7.42. The van der Waals surface area contributed by atoms with Gasteiger partial charge < -0.3 is 10.1 Å². The molecule has 0 saturated heterocycles. The lowest BCUT2D eigenvalue weighted by Gasteiger charge is -2.31. The van der Waals surface area contributed by atoms with E-state index in [9.17, 15) is 4.79 Å². The first-order valence-corrected chi connectivity index (χ1v) is 7.50. The van der Waals surface area contributed by atoms with Crippen molar-refractivity contribution in [1.29, 1.82) is 0 Å². The van der Waals surface area contributed by atoms with E-state index in [1.807, 2.05) is 20.8 Å². The average molecular weight is 339 g/mol. The van der Waals surface area contributed by atoms with Gasteiger partial charge in [0.15, 0.2) is 0 Å². The molecule has 0 aromatic heterocycles. The summed E-state index contributed by atoms with van der Waals surface area (Å²) in [5.74, 6) is 0.613. The summed E-state index contributed by atoms with van der Waals surface area (Å²) < 4.78 is 6.39. The Balaban J connectivity index is 2.42. The molecule has 0 aliphatic heterocycles. The van der Waals surface area contributed by atoms with Gasteiger partial charge >= 0.3 is 6.09 Å². The number of hydrogen-bond donors (Lipinski definition) is 1. The smallest absolute Gasteiger partial charge is 0.407 e. The molecule has 94 valence electrons. The highest BCUT2D eigenvalue weighted by Gasteiger charge is 2.27. The SMILES string of the molecule is CC(C)(C)OC(=O)NC1CCCCC1CI. The van der Waals surface area contributed by atoms with Crippen LogP contribution in [-0.2, 0) is 4.74 Å². The van der Waals surface area contributed by atoms with Crippen molar-refractivity contribution in [2.75, 3.05) is 4.43 Å². The van der Waals surface area contributed by atoms with Gasteiger partial charge in [0.2, 0.25) is 0 Å². The summed E-state index contributed by atoms with van der Waals surface area (Å²) in [5.41, 5.74) is -0.404. The molecule has 1 amide bonds. The molecule has 2 atom stereocenters. The molecule has 1 aliphatic carbocycles. The first-order valence-electron chi connectivity index (χ1n) is 5.98. The Labute approximate surface area is 112 Å². The van der Waals surface area contributed by atoms with Crippen molar-refractivity contribution in [3.05, 3.63) is 0 Å². The molecular weight excluding hydrogens is 317 g/mol. The van der Waals surface area contributed by atoms with E-state index in [-0.39, 0.29) is 6.09 Å². The monoisotopic (exact) mass is 339 g/mol. The van der Waals surface area contributed by atoms with Crippen LogP contribution in [0.4, 0.5) is 4.79 Å². The molecule has 1 aliphatic rings. The van der Waals surface area contributed by atoms with Crippen LogP contribution in [-0.4, -0.2) is 22.2 Å². The fraction of sp³-hybridized carbons (Fsp3) is 0.917. The topological polar surface area (TPSA) is 38.3 Å². The van der Waals surface area contributed by atoms with E-state index in [2.05, 4.69) is 27.9 Å². The van der Waals surface area contributed by atoms with E-state index < -0.39 is 5.60 Å². The van der Waals surface area contributed by atoms with E-state index in [1.165, 1.54) is 19.3 Å². The second-order valence-corrected chi connectivity index (χ2v) is 6.33. The molecule has 1 fully saturated rings. The first kappa shape index (κ1) is 14.1. The molecule has 16 heavy (non-hydrogen) atoms. The Bertz CT molecular complexity index is 238. The summed E-state index contributed by atoms with van der Waals surface area (Å²) in [6.45, 7) is 5.68. The van der Waals surface area contributed by atoms with E-state index in [0.717, 1.165) is 10.8 Å². The van der Waals surface area contributed by atoms with Crippen molar-refractivity contribution in [1.82, 2.24) is 5.32 Å². The van der Waals surface area contributed by atoms with Crippen LogP contribution in [0.3, 0.4) is 0 Å². The lowest BCUT2D eigenvalue weighted by atomic mass is 9.86. The summed E-state index contributed by atoms with van der Waals surface area (Å²) >= 11 is 2.40. The molecule has 0 aromatic rings. The fourth-order valence-electron chi connectivity index (χ4n) is 2.04. The van der Waals surface area contributed by atoms with Crippen LogP contribution in [0, 0.1) is 5.92 Å². The Morgan fingerprint density at radius 1 is 1.38 bits per heavy atom. The molecule has 2 unspecified atom stereocenters. The molecule has 1 rings (SSSR count). The highest BCUT2D eigenvalue weighted by Crippen LogP contribution is 2.26. The summed E-state index contributed by atoms with van der Waals surface area (Å²) in [6.07, 6.45) is 4.55. The van der Waals surface area contributed by atoms with E-state index in [4.69, 9.17) is 4.74 Å². The van der Waals surface area contributed by atoms with Crippen molar-refractivity contribution >= 4 is 28.7 Å². The minimum atomic E-state index is -0.404. The fourth-order valence-corrected chi connectivity index (χ4v) is 3.10. The maximum absolute atomic E-state index is 11.7. The third-order valence-corrected chi connectivity index (χ3v) is 3.94. The summed E-state index contributed by atoms with van der Waals surface area (Å²) in [7, 11) is 0. The van der Waals surface area contributed by atoms with Crippen molar-refractivity contribution in [3.8, 4) is 0 Å². The van der Waals surface area contributed by atoms with Gasteiger partial charge in [-0.25, -0.2) is 4.79 Å². The maximum Gasteiger partial charge on any atom is 0.407 e. The third kappa shape index (κ3) is 4.89. The van der Waals surface area contributed by atoms with Gasteiger partial charge in [0, 0.05) is 10.5 Å². The van der Waals surface area contributed by atoms with Gasteiger partial charge in [0.1, 0.15) is 5.60 Å². The molecule has 3 nitrogen and oxygen atoms in total. The lowest BCUT2D eigenvalue weighted by molar-refractivity contribution is 0.0475. The van der Waals surface area contributed by atoms with Crippen molar-refractivity contribution in [2.45, 2.75) is 58.1 Å². The Hall–Kier alpha value is 0. The highest BCUT2D eigenvalue weighted by atomic mass is 127. The summed E-state index contributed by atoms with van der Waals surface area (Å²) in [4.78, 5) is 11.7. The van der Waals surface area contributed by atoms with Crippen molar-refractivity contribution in [2.24, 2.45) is 5.92 Å². The van der Waals surface area contributed by atoms with Gasteiger partial charge in [0.05, 0.1) is 0 Å². The number of amides is 1. The highest BCUT2D eigenvalue weighted by molar-refractivity contribution is 14.1. The van der Waals surface area contributed by atoms with E-state index >= 15 is 0 Å². The number of alkyl carbamates (subject to hydrolysis) is 1. The minimum Gasteiger partial charge on any atom is -0.444 e. The minimum absolute atomic E-state index is 0.269. The second kappa shape index (κ2) is 6.07. The molecular formula is C12H22INO2. The lowest BCUT2D eigenvalue weighted by Crippen LogP contribution is -2.44. The zero-order valence-electron chi connectivity index (χ0n) is 10.4. The van der Waals surface area contributed by atoms with Gasteiger partial charge in [-0.15, -0.1) is 0 Å². The summed E-state index contributed by atoms with van der Waals surface area (Å²) in [5, 5.41) is 3.01. The number of carbonyl (C=O) groups excluding carboxylic acids is 1. The Morgan fingerprint density at radius 3 is 2.56 bits per heavy atom. The zero-order valence-corrected chi connectivity index (χ0v) is 12.5. The van der Waals surface area contributed by atoms with Crippen molar-refractivity contribution < 1.29 is 9.53 Å². The molecule has 0 heterocycles. The third-order valence-electron chi connectivity index (χ3n) is 2.81. The number of hydrogen-bond acceptors (Lipinski definition) is 2. The standard InChI is InChI=1S/C12H22INO2/c1-12(2,3)16-11(15)14-10-7-5-4-6-9(10)8-13/h9-10H,4-8H2,1-3H3,(H,14,15). The predicted molar refractivity (Wildman–Crippen MR) is 74.0 cm³/mol. The second-order valence-electron chi connectivity index (χ2n) is 5.45. The van der Waals surface area contributed by atoms with Crippen LogP contribution in [0.2, 0.25) is 0 Å². The van der Waals surface area contributed by atoms with Gasteiger partial charge in [-0.05, 0) is 39.5 Å². The number of alkyl halides is 1. The zero-order chi connectivity index (χ0) is 12.2. The number of halogens is 1. The van der Waals surface area contributed by atoms with Crippen LogP contribution in [0.5, 0.6) is 0 Å². The quantitative estimate of drug-likeness (QED) is 0.618. The van der Waals surface area contributed by atoms with Crippen LogP contribution in [0.15, 0.2) is 0 Å². The Kier molecular flexibility index (Phi) is 5.34. The Morgan fingerprint density at radius 2 is 2.00 bits per heavy atom. The molecule has 0 spiro atoms. The van der Waals surface area contributed by atoms with E-state index in [1.54, 1.807) is 0 Å². The van der Waals surface area contributed by atoms with Crippen LogP contribution < -0.4 is 5.32 Å². The van der Waals surface area contributed by atoms with Gasteiger partial charge in [-0.1, -0.05) is 35.4 Å². The number of ether oxygens (including phenoxy) is 1. The molecule has 4 heteroatoms. The van der Waals surface area contributed by atoms with Crippen LogP contribution >= 0.6 is 22.6 Å². The van der Waals surface area contributed by atoms with Crippen molar-refractivity contribution in [3.63, 3.8) is 0 Å². The number of nitrogens with one attached hydrogen (secondary N) is 1. The summed E-state index contributed by atoms with van der Waals surface area (Å²) in [6, 6.07) is 0.306. The van der Waals surface area contributed by atoms with Crippen LogP contribution in [0.1, 0.15) is 46.5 Å². The average Bonchev–Trinajstić information content (AvgIpc) is 2.15. The molecule has 0 radical (unpaired) electrons. The van der Waals surface area contributed by atoms with Crippen LogP contribution in [0.25, 0.3) is 0 Å². The van der Waals surface area contributed by atoms with E-state index in [0.29, 0.717) is 12.0 Å². The number of carbonyl (C=O) groups is 1. The van der Waals surface area contributed by atoms with Gasteiger partial charge in [0.25, 0.3) is 0 Å². The molecule has 0 bridgehead atoms. The number of rotatable bonds is 2. The normalized spacial score (nSPS) is 26.2.